The summed E-state index contributed by atoms with van der Waals surface area (Å²) in [6, 6.07) is 0. The summed E-state index contributed by atoms with van der Waals surface area (Å²) in [4.78, 5) is 30.4. The van der Waals surface area contributed by atoms with Gasteiger partial charge in [-0.05, 0) is 25.1 Å². The van der Waals surface area contributed by atoms with E-state index in [9.17, 15) is 9.59 Å². The second-order valence-electron chi connectivity index (χ2n) is 4.67. The lowest BCUT2D eigenvalue weighted by molar-refractivity contribution is 0.0700. The van der Waals surface area contributed by atoms with Crippen LogP contribution in [-0.4, -0.2) is 44.1 Å². The third kappa shape index (κ3) is 2.44. The molecule has 9 heteroatoms. The first-order valence-corrected chi connectivity index (χ1v) is 6.66. The highest BCUT2D eigenvalue weighted by Gasteiger charge is 2.27. The predicted molar refractivity (Wildman–Crippen MR) is 71.0 cm³/mol. The predicted octanol–water partition coefficient (Wildman–Crippen LogP) is 0.768. The zero-order chi connectivity index (χ0) is 14.1. The van der Waals surface area contributed by atoms with E-state index >= 15 is 0 Å². The standard InChI is InChI=1S/C11H13N5O3S/c17-9(7-5-12-10(20)13-7)16-3-1-6(2-4-16)8-14-15-11(18)19-8/h5-6H,1-4H2,(H,15,18)(H2,12,13,20). The molecular weight excluding hydrogens is 282 g/mol. The highest BCUT2D eigenvalue weighted by atomic mass is 32.1. The molecule has 2 aromatic rings. The van der Waals surface area contributed by atoms with E-state index in [2.05, 4.69) is 20.2 Å². The Bertz CT molecular complexity index is 718. The number of carbonyl (C=O) groups excluding carboxylic acids is 1. The van der Waals surface area contributed by atoms with Gasteiger partial charge in [0.1, 0.15) is 5.69 Å². The Morgan fingerprint density at radius 2 is 2.20 bits per heavy atom. The van der Waals surface area contributed by atoms with E-state index in [0.29, 0.717) is 42.3 Å². The first kappa shape index (κ1) is 12.9. The number of imidazole rings is 1. The van der Waals surface area contributed by atoms with Gasteiger partial charge in [-0.2, -0.15) is 0 Å². The van der Waals surface area contributed by atoms with Gasteiger partial charge in [-0.1, -0.05) is 0 Å². The number of piperidine rings is 1. The van der Waals surface area contributed by atoms with Crippen LogP contribution < -0.4 is 5.76 Å². The van der Waals surface area contributed by atoms with Crippen molar-refractivity contribution in [2.24, 2.45) is 0 Å². The Balaban J connectivity index is 1.65. The molecule has 0 bridgehead atoms. The number of aromatic amines is 3. The van der Waals surface area contributed by atoms with Gasteiger partial charge in [0.15, 0.2) is 4.77 Å². The molecule has 1 aliphatic rings. The topological polar surface area (TPSA) is 111 Å². The Morgan fingerprint density at radius 3 is 2.75 bits per heavy atom. The monoisotopic (exact) mass is 295 g/mol. The number of amides is 1. The fourth-order valence-corrected chi connectivity index (χ4v) is 2.53. The molecule has 3 N–H and O–H groups in total. The van der Waals surface area contributed by atoms with Crippen LogP contribution in [0.3, 0.4) is 0 Å². The van der Waals surface area contributed by atoms with Crippen LogP contribution in [0.2, 0.25) is 0 Å². The maximum Gasteiger partial charge on any atom is 0.434 e. The van der Waals surface area contributed by atoms with Crippen molar-refractivity contribution in [3.63, 3.8) is 0 Å². The summed E-state index contributed by atoms with van der Waals surface area (Å²) in [6.45, 7) is 1.18. The molecule has 1 saturated heterocycles. The molecule has 0 atom stereocenters. The lowest BCUT2D eigenvalue weighted by atomic mass is 9.96. The van der Waals surface area contributed by atoms with E-state index in [1.54, 1.807) is 11.1 Å². The molecule has 20 heavy (non-hydrogen) atoms. The quantitative estimate of drug-likeness (QED) is 0.709. The van der Waals surface area contributed by atoms with E-state index in [1.165, 1.54) is 0 Å². The summed E-state index contributed by atoms with van der Waals surface area (Å²) in [7, 11) is 0. The van der Waals surface area contributed by atoms with Gasteiger partial charge in [-0.15, -0.1) is 5.10 Å². The molecule has 1 amide bonds. The first-order chi connectivity index (χ1) is 9.63. The lowest BCUT2D eigenvalue weighted by Crippen LogP contribution is -2.38. The molecule has 0 radical (unpaired) electrons. The second-order valence-corrected chi connectivity index (χ2v) is 5.08. The van der Waals surface area contributed by atoms with Crippen molar-refractivity contribution in [3.8, 4) is 0 Å². The molecular formula is C11H13N5O3S. The van der Waals surface area contributed by atoms with Crippen LogP contribution in [-0.2, 0) is 0 Å². The van der Waals surface area contributed by atoms with Gasteiger partial charge >= 0.3 is 5.76 Å². The highest BCUT2D eigenvalue weighted by Crippen LogP contribution is 2.26. The molecule has 0 spiro atoms. The number of aromatic nitrogens is 4. The number of H-pyrrole nitrogens is 3. The molecule has 3 heterocycles. The van der Waals surface area contributed by atoms with E-state index in [4.69, 9.17) is 16.6 Å². The van der Waals surface area contributed by atoms with Gasteiger partial charge in [0.05, 0.1) is 0 Å². The second kappa shape index (κ2) is 5.08. The largest absolute Gasteiger partial charge is 0.434 e. The van der Waals surface area contributed by atoms with Crippen molar-refractivity contribution in [1.29, 1.82) is 0 Å². The molecule has 0 aromatic carbocycles. The van der Waals surface area contributed by atoms with Gasteiger partial charge in [0.25, 0.3) is 5.91 Å². The lowest BCUT2D eigenvalue weighted by Gasteiger charge is -2.29. The minimum atomic E-state index is -0.543. The Morgan fingerprint density at radius 1 is 1.45 bits per heavy atom. The number of nitrogens with zero attached hydrogens (tertiary/aromatic N) is 2. The highest BCUT2D eigenvalue weighted by molar-refractivity contribution is 7.71. The average Bonchev–Trinajstić information content (AvgIpc) is 3.07. The summed E-state index contributed by atoms with van der Waals surface area (Å²) in [5.74, 6) is -0.136. The van der Waals surface area contributed by atoms with E-state index in [-0.39, 0.29) is 11.8 Å². The van der Waals surface area contributed by atoms with Crippen molar-refractivity contribution < 1.29 is 9.21 Å². The third-order valence-electron chi connectivity index (χ3n) is 3.41. The number of hydrogen-bond acceptors (Lipinski definition) is 5. The molecule has 3 rings (SSSR count). The fraction of sp³-hybridized carbons (Fsp3) is 0.455. The Kier molecular flexibility index (Phi) is 3.26. The zero-order valence-electron chi connectivity index (χ0n) is 10.5. The summed E-state index contributed by atoms with van der Waals surface area (Å²) < 4.78 is 5.39. The van der Waals surface area contributed by atoms with Crippen LogP contribution in [0, 0.1) is 4.77 Å². The van der Waals surface area contributed by atoms with Crippen LogP contribution in [0.1, 0.15) is 35.1 Å². The number of hydrogen-bond donors (Lipinski definition) is 3. The van der Waals surface area contributed by atoms with Crippen molar-refractivity contribution in [2.45, 2.75) is 18.8 Å². The van der Waals surface area contributed by atoms with E-state index in [1.807, 2.05) is 0 Å². The molecule has 0 aliphatic carbocycles. The summed E-state index contributed by atoms with van der Waals surface area (Å²) in [5, 5.41) is 6.09. The Hall–Kier alpha value is -2.16. The minimum Gasteiger partial charge on any atom is -0.392 e. The van der Waals surface area contributed by atoms with E-state index < -0.39 is 5.76 Å². The number of rotatable bonds is 2. The molecule has 106 valence electrons. The van der Waals surface area contributed by atoms with Crippen molar-refractivity contribution in [1.82, 2.24) is 25.1 Å². The normalized spacial score (nSPS) is 16.5. The molecule has 1 fully saturated rings. The van der Waals surface area contributed by atoms with Crippen LogP contribution in [0.5, 0.6) is 0 Å². The van der Waals surface area contributed by atoms with Gasteiger partial charge in [-0.3, -0.25) is 4.79 Å². The minimum absolute atomic E-state index is 0.0720. The third-order valence-corrected chi connectivity index (χ3v) is 3.63. The maximum atomic E-state index is 12.2. The molecule has 8 nitrogen and oxygen atoms in total. The van der Waals surface area contributed by atoms with Crippen molar-refractivity contribution in [2.75, 3.05) is 13.1 Å². The smallest absolute Gasteiger partial charge is 0.392 e. The average molecular weight is 295 g/mol. The van der Waals surface area contributed by atoms with Gasteiger partial charge < -0.3 is 19.3 Å². The van der Waals surface area contributed by atoms with Crippen molar-refractivity contribution in [3.05, 3.63) is 33.1 Å². The molecule has 0 saturated carbocycles. The van der Waals surface area contributed by atoms with Gasteiger partial charge in [0, 0.05) is 25.2 Å². The molecule has 2 aromatic heterocycles. The Labute approximate surface area is 118 Å². The molecule has 1 aliphatic heterocycles. The SMILES string of the molecule is O=C(c1c[nH]c(=S)[nH]1)N1CCC(c2n[nH]c(=O)o2)CC1. The maximum absolute atomic E-state index is 12.2. The van der Waals surface area contributed by atoms with Crippen LogP contribution >= 0.6 is 12.2 Å². The van der Waals surface area contributed by atoms with Crippen LogP contribution in [0.25, 0.3) is 0 Å². The first-order valence-electron chi connectivity index (χ1n) is 6.26. The number of likely N-dealkylation sites (tertiary alicyclic amines) is 1. The van der Waals surface area contributed by atoms with Crippen LogP contribution in [0.15, 0.2) is 15.4 Å². The summed E-state index contributed by atoms with van der Waals surface area (Å²) in [6.07, 6.45) is 3.00. The van der Waals surface area contributed by atoms with Crippen molar-refractivity contribution >= 4 is 18.1 Å². The zero-order valence-corrected chi connectivity index (χ0v) is 11.3. The summed E-state index contributed by atoms with van der Waals surface area (Å²) >= 11 is 4.90. The van der Waals surface area contributed by atoms with Gasteiger partial charge in [-0.25, -0.2) is 9.89 Å². The van der Waals surface area contributed by atoms with E-state index in [0.717, 1.165) is 0 Å². The van der Waals surface area contributed by atoms with Gasteiger partial charge in [0.2, 0.25) is 5.89 Å². The number of carbonyl (C=O) groups is 1. The summed E-state index contributed by atoms with van der Waals surface area (Å²) in [5.41, 5.74) is 0.458. The fourth-order valence-electron chi connectivity index (χ4n) is 2.36. The number of nitrogens with one attached hydrogen (secondary N) is 3. The van der Waals surface area contributed by atoms with Crippen LogP contribution in [0.4, 0.5) is 0 Å². The molecule has 0 unspecified atom stereocenters.